The summed E-state index contributed by atoms with van der Waals surface area (Å²) in [7, 11) is 0. The average molecular weight is 240 g/mol. The molecule has 0 bridgehead atoms. The van der Waals surface area contributed by atoms with Crippen molar-refractivity contribution in [1.29, 1.82) is 0 Å². The van der Waals surface area contributed by atoms with E-state index in [-0.39, 0.29) is 11.6 Å². The van der Waals surface area contributed by atoms with Gasteiger partial charge in [0, 0.05) is 16.7 Å². The van der Waals surface area contributed by atoms with Gasteiger partial charge < -0.3 is 0 Å². The van der Waals surface area contributed by atoms with Crippen LogP contribution in [0.25, 0.3) is 0 Å². The first-order valence-corrected chi connectivity index (χ1v) is 5.99. The van der Waals surface area contributed by atoms with Crippen LogP contribution >= 0.6 is 0 Å². The van der Waals surface area contributed by atoms with E-state index in [9.17, 15) is 9.59 Å². The molecule has 0 saturated heterocycles. The third-order valence-electron chi connectivity index (χ3n) is 3.79. The van der Waals surface area contributed by atoms with Crippen LogP contribution in [0.4, 0.5) is 0 Å². The standard InChI is InChI=1S/C16H16O2/c1-9-10(2)12(4)16(18)15(11(9)3)13-7-5-6-8-14(13)17/h5-8H,1-4H3. The van der Waals surface area contributed by atoms with Gasteiger partial charge in [0.25, 0.3) is 0 Å². The predicted molar refractivity (Wildman–Crippen MR) is 72.1 cm³/mol. The number of allylic oxidation sites excluding steroid dienone is 10. The van der Waals surface area contributed by atoms with Gasteiger partial charge in [0.1, 0.15) is 0 Å². The molecular formula is C16H16O2. The average Bonchev–Trinajstić information content (AvgIpc) is 2.36. The molecule has 0 N–H and O–H groups in total. The van der Waals surface area contributed by atoms with Gasteiger partial charge in [-0.15, -0.1) is 0 Å². The molecule has 2 heteroatoms. The maximum atomic E-state index is 12.4. The third kappa shape index (κ3) is 1.74. The van der Waals surface area contributed by atoms with E-state index in [1.807, 2.05) is 27.7 Å². The number of carbonyl (C=O) groups is 2. The van der Waals surface area contributed by atoms with Crippen molar-refractivity contribution in [1.82, 2.24) is 0 Å². The second kappa shape index (κ2) is 4.37. The van der Waals surface area contributed by atoms with Crippen LogP contribution in [0.15, 0.2) is 57.7 Å². The van der Waals surface area contributed by atoms with Crippen molar-refractivity contribution in [2.45, 2.75) is 27.7 Å². The normalized spacial score (nSPS) is 24.4. The monoisotopic (exact) mass is 240 g/mol. The van der Waals surface area contributed by atoms with Crippen LogP contribution in [0.5, 0.6) is 0 Å². The molecule has 0 fully saturated rings. The Morgan fingerprint density at radius 1 is 0.722 bits per heavy atom. The summed E-state index contributed by atoms with van der Waals surface area (Å²) in [6.45, 7) is 7.67. The minimum absolute atomic E-state index is 0.0288. The molecular weight excluding hydrogens is 224 g/mol. The number of rotatable bonds is 0. The molecule has 92 valence electrons. The molecule has 0 unspecified atom stereocenters. The molecule has 0 atom stereocenters. The summed E-state index contributed by atoms with van der Waals surface area (Å²) >= 11 is 0. The van der Waals surface area contributed by atoms with Crippen LogP contribution in [-0.4, -0.2) is 11.6 Å². The summed E-state index contributed by atoms with van der Waals surface area (Å²) in [5, 5.41) is 0. The fourth-order valence-corrected chi connectivity index (χ4v) is 2.28. The van der Waals surface area contributed by atoms with Crippen molar-refractivity contribution >= 4 is 11.6 Å². The van der Waals surface area contributed by atoms with E-state index in [1.54, 1.807) is 18.2 Å². The van der Waals surface area contributed by atoms with Gasteiger partial charge in [-0.05, 0) is 50.5 Å². The Balaban J connectivity index is 2.71. The Bertz CT molecular complexity index is 605. The highest BCUT2D eigenvalue weighted by Gasteiger charge is 2.27. The molecule has 0 spiro atoms. The van der Waals surface area contributed by atoms with Crippen molar-refractivity contribution in [3.8, 4) is 0 Å². The number of hydrogen-bond acceptors (Lipinski definition) is 2. The third-order valence-corrected chi connectivity index (χ3v) is 3.79. The topological polar surface area (TPSA) is 34.1 Å². The van der Waals surface area contributed by atoms with Crippen molar-refractivity contribution < 1.29 is 9.59 Å². The number of ketones is 2. The molecule has 18 heavy (non-hydrogen) atoms. The zero-order valence-corrected chi connectivity index (χ0v) is 11.1. The lowest BCUT2D eigenvalue weighted by molar-refractivity contribution is -0.114. The Morgan fingerprint density at radius 3 is 1.89 bits per heavy atom. The van der Waals surface area contributed by atoms with Crippen LogP contribution in [0.3, 0.4) is 0 Å². The van der Waals surface area contributed by atoms with Crippen LogP contribution in [0.2, 0.25) is 0 Å². The molecule has 2 aliphatic carbocycles. The van der Waals surface area contributed by atoms with Crippen LogP contribution < -0.4 is 0 Å². The Morgan fingerprint density at radius 2 is 1.28 bits per heavy atom. The summed E-state index contributed by atoms with van der Waals surface area (Å²) in [5.74, 6) is -0.126. The van der Waals surface area contributed by atoms with Crippen molar-refractivity contribution in [3.63, 3.8) is 0 Å². The smallest absolute Gasteiger partial charge is 0.190 e. The number of carbonyl (C=O) groups excluding carboxylic acids is 2. The van der Waals surface area contributed by atoms with Gasteiger partial charge in [0.05, 0.1) is 0 Å². The highest BCUT2D eigenvalue weighted by Crippen LogP contribution is 2.33. The van der Waals surface area contributed by atoms with Crippen molar-refractivity contribution in [3.05, 3.63) is 57.7 Å². The van der Waals surface area contributed by atoms with Crippen LogP contribution in [-0.2, 0) is 9.59 Å². The molecule has 0 saturated carbocycles. The van der Waals surface area contributed by atoms with Crippen molar-refractivity contribution in [2.75, 3.05) is 0 Å². The second-order valence-corrected chi connectivity index (χ2v) is 4.70. The quantitative estimate of drug-likeness (QED) is 0.609. The van der Waals surface area contributed by atoms with E-state index >= 15 is 0 Å². The zero-order valence-electron chi connectivity index (χ0n) is 11.1. The Hall–Kier alpha value is -1.96. The first-order chi connectivity index (χ1) is 8.45. The van der Waals surface area contributed by atoms with E-state index in [1.165, 1.54) is 6.08 Å². The highest BCUT2D eigenvalue weighted by atomic mass is 16.1. The number of Topliss-reactive ketones (excluding diaryl/α,β-unsaturated/α-hetero) is 1. The molecule has 0 heterocycles. The summed E-state index contributed by atoms with van der Waals surface area (Å²) in [5.41, 5.74) is 4.81. The largest absolute Gasteiger partial charge is 0.289 e. The van der Waals surface area contributed by atoms with Crippen LogP contribution in [0, 0.1) is 0 Å². The lowest BCUT2D eigenvalue weighted by Gasteiger charge is -2.22. The molecule has 0 aromatic carbocycles. The Labute approximate surface area is 107 Å². The fraction of sp³-hybridized carbons (Fsp3) is 0.250. The molecule has 0 aliphatic heterocycles. The van der Waals surface area contributed by atoms with Gasteiger partial charge in [-0.3, -0.25) is 9.59 Å². The molecule has 2 rings (SSSR count). The molecule has 2 aliphatic rings. The van der Waals surface area contributed by atoms with E-state index in [2.05, 4.69) is 0 Å². The molecule has 0 amide bonds. The maximum Gasteiger partial charge on any atom is 0.190 e. The summed E-state index contributed by atoms with van der Waals surface area (Å²) < 4.78 is 0. The minimum atomic E-state index is -0.0969. The molecule has 0 aromatic rings. The maximum absolute atomic E-state index is 12.4. The highest BCUT2D eigenvalue weighted by molar-refractivity contribution is 6.21. The fourth-order valence-electron chi connectivity index (χ4n) is 2.28. The first kappa shape index (κ1) is 12.5. The lowest BCUT2D eigenvalue weighted by Crippen LogP contribution is -2.18. The number of hydrogen-bond donors (Lipinski definition) is 0. The van der Waals surface area contributed by atoms with E-state index in [0.29, 0.717) is 11.1 Å². The molecule has 0 aromatic heterocycles. The predicted octanol–water partition coefficient (Wildman–Crippen LogP) is 3.23. The van der Waals surface area contributed by atoms with Crippen LogP contribution in [0.1, 0.15) is 27.7 Å². The summed E-state index contributed by atoms with van der Waals surface area (Å²) in [6, 6.07) is 0. The summed E-state index contributed by atoms with van der Waals surface area (Å²) in [4.78, 5) is 24.3. The van der Waals surface area contributed by atoms with Gasteiger partial charge in [-0.1, -0.05) is 18.2 Å². The van der Waals surface area contributed by atoms with Gasteiger partial charge in [0.15, 0.2) is 11.6 Å². The van der Waals surface area contributed by atoms with Gasteiger partial charge in [-0.25, -0.2) is 0 Å². The van der Waals surface area contributed by atoms with Crippen molar-refractivity contribution in [2.24, 2.45) is 0 Å². The Kier molecular flexibility index (Phi) is 3.04. The zero-order chi connectivity index (χ0) is 13.4. The van der Waals surface area contributed by atoms with Gasteiger partial charge in [-0.2, -0.15) is 0 Å². The van der Waals surface area contributed by atoms with E-state index in [0.717, 1.165) is 22.3 Å². The molecule has 0 radical (unpaired) electrons. The lowest BCUT2D eigenvalue weighted by atomic mass is 9.80. The SMILES string of the molecule is CC1=C(C)C(C)=C(C)C(=C2C=CC=CC2=O)C1=O. The molecule has 2 nitrogen and oxygen atoms in total. The van der Waals surface area contributed by atoms with E-state index < -0.39 is 0 Å². The van der Waals surface area contributed by atoms with Gasteiger partial charge >= 0.3 is 0 Å². The van der Waals surface area contributed by atoms with E-state index in [4.69, 9.17) is 0 Å². The minimum Gasteiger partial charge on any atom is -0.289 e. The van der Waals surface area contributed by atoms with Gasteiger partial charge in [0.2, 0.25) is 0 Å². The first-order valence-electron chi connectivity index (χ1n) is 5.99. The summed E-state index contributed by atoms with van der Waals surface area (Å²) in [6.07, 6.45) is 6.71. The second-order valence-electron chi connectivity index (χ2n) is 4.70.